The summed E-state index contributed by atoms with van der Waals surface area (Å²) in [5.41, 5.74) is 7.34. The maximum absolute atomic E-state index is 12.5. The van der Waals surface area contributed by atoms with Crippen LogP contribution in [0.4, 0.5) is 10.5 Å². The minimum absolute atomic E-state index is 0.164. The van der Waals surface area contributed by atoms with Gasteiger partial charge in [-0.1, -0.05) is 48.5 Å². The van der Waals surface area contributed by atoms with Gasteiger partial charge < -0.3 is 20.7 Å². The zero-order valence-electron chi connectivity index (χ0n) is 18.7. The van der Waals surface area contributed by atoms with E-state index in [0.717, 1.165) is 69.6 Å². The number of aryl methyl sites for hydroxylation is 1. The van der Waals surface area contributed by atoms with Crippen molar-refractivity contribution in [3.8, 4) is 5.75 Å². The van der Waals surface area contributed by atoms with E-state index in [-0.39, 0.29) is 12.1 Å². The number of ether oxygens (including phenoxy) is 1. The van der Waals surface area contributed by atoms with E-state index in [1.807, 2.05) is 25.1 Å². The molecule has 168 valence electrons. The first kappa shape index (κ1) is 21.7. The Hall–Kier alpha value is -3.14. The van der Waals surface area contributed by atoms with Gasteiger partial charge in [-0.15, -0.1) is 9.24 Å². The molecule has 3 N–H and O–H groups in total. The van der Waals surface area contributed by atoms with Crippen molar-refractivity contribution in [1.82, 2.24) is 10.6 Å². The van der Waals surface area contributed by atoms with Crippen LogP contribution < -0.4 is 26.0 Å². The van der Waals surface area contributed by atoms with Crippen molar-refractivity contribution in [2.75, 3.05) is 18.4 Å². The Bertz CT molecular complexity index is 1230. The van der Waals surface area contributed by atoms with Gasteiger partial charge in [-0.2, -0.15) is 0 Å². The Labute approximate surface area is 196 Å². The quantitative estimate of drug-likeness (QED) is 0.509. The third-order valence-electron chi connectivity index (χ3n) is 6.20. The zero-order chi connectivity index (χ0) is 22.8. The van der Waals surface area contributed by atoms with Gasteiger partial charge in [0.2, 0.25) is 0 Å². The summed E-state index contributed by atoms with van der Waals surface area (Å²) in [6.07, 6.45) is 3.13. The van der Waals surface area contributed by atoms with Gasteiger partial charge in [0, 0.05) is 23.8 Å². The molecule has 5 nitrogen and oxygen atoms in total. The third kappa shape index (κ3) is 4.80. The van der Waals surface area contributed by atoms with Crippen LogP contribution in [-0.2, 0) is 6.61 Å². The van der Waals surface area contributed by atoms with Crippen molar-refractivity contribution >= 4 is 37.9 Å². The summed E-state index contributed by atoms with van der Waals surface area (Å²) in [6, 6.07) is 20.8. The minimum Gasteiger partial charge on any atom is -0.488 e. The molecule has 6 heteroatoms. The van der Waals surface area contributed by atoms with Gasteiger partial charge in [-0.3, -0.25) is 0 Å². The molecule has 33 heavy (non-hydrogen) atoms. The lowest BCUT2D eigenvalue weighted by molar-refractivity contribution is 0.249. The van der Waals surface area contributed by atoms with Crippen molar-refractivity contribution in [1.29, 1.82) is 0 Å². The van der Waals surface area contributed by atoms with Crippen LogP contribution in [0.3, 0.4) is 0 Å². The van der Waals surface area contributed by atoms with E-state index in [4.69, 9.17) is 4.74 Å². The average molecular weight is 458 g/mol. The van der Waals surface area contributed by atoms with Crippen LogP contribution in [0, 0.1) is 6.92 Å². The van der Waals surface area contributed by atoms with Crippen LogP contribution in [0.25, 0.3) is 11.6 Å². The molecule has 5 rings (SSSR count). The second-order valence-electron chi connectivity index (χ2n) is 8.62. The lowest BCUT2D eigenvalue weighted by Gasteiger charge is -2.15. The first-order valence-electron chi connectivity index (χ1n) is 11.3. The van der Waals surface area contributed by atoms with Crippen molar-refractivity contribution in [2.24, 2.45) is 0 Å². The number of rotatable bonds is 3. The maximum Gasteiger partial charge on any atom is 0.319 e. The number of nitrogens with one attached hydrogen (secondary N) is 3. The van der Waals surface area contributed by atoms with Gasteiger partial charge in [0.25, 0.3) is 0 Å². The smallest absolute Gasteiger partial charge is 0.319 e. The number of anilines is 1. The maximum atomic E-state index is 12.5. The van der Waals surface area contributed by atoms with E-state index in [1.165, 1.54) is 0 Å². The summed E-state index contributed by atoms with van der Waals surface area (Å²) >= 11 is 0. The summed E-state index contributed by atoms with van der Waals surface area (Å²) in [5, 5.41) is 10.4. The van der Waals surface area contributed by atoms with Crippen molar-refractivity contribution in [3.05, 3.63) is 88.5 Å². The standard InChI is InChI=1S/C27H28N3O2P/c1-17-6-7-18(13-25(17)30-27(31)29-20-10-11-28-15-20)12-24-22-5-3-2-4-19(22)16-32-26-14-21(33)8-9-23(24)26/h2-9,12-14,20,28H,10-11,15-16,33H2,1H3,(H2,29,30,31)/b24-12+. The summed E-state index contributed by atoms with van der Waals surface area (Å²) < 4.78 is 6.16. The highest BCUT2D eigenvalue weighted by Crippen LogP contribution is 2.38. The summed E-state index contributed by atoms with van der Waals surface area (Å²) in [5.74, 6) is 0.875. The predicted molar refractivity (Wildman–Crippen MR) is 138 cm³/mol. The molecule has 2 unspecified atom stereocenters. The molecule has 0 bridgehead atoms. The Morgan fingerprint density at radius 2 is 2.00 bits per heavy atom. The summed E-state index contributed by atoms with van der Waals surface area (Å²) in [4.78, 5) is 12.5. The molecule has 0 aliphatic carbocycles. The number of carbonyl (C=O) groups is 1. The molecule has 2 heterocycles. The topological polar surface area (TPSA) is 62.4 Å². The van der Waals surface area contributed by atoms with E-state index < -0.39 is 0 Å². The Morgan fingerprint density at radius 3 is 2.85 bits per heavy atom. The van der Waals surface area contributed by atoms with Gasteiger partial charge in [0.05, 0.1) is 0 Å². The fourth-order valence-corrected chi connectivity index (χ4v) is 4.65. The first-order chi connectivity index (χ1) is 16.1. The van der Waals surface area contributed by atoms with E-state index in [9.17, 15) is 4.79 Å². The molecule has 0 saturated carbocycles. The molecule has 1 fully saturated rings. The van der Waals surface area contributed by atoms with Crippen LogP contribution in [0.5, 0.6) is 5.75 Å². The molecule has 2 amide bonds. The normalized spacial score (nSPS) is 18.1. The lowest BCUT2D eigenvalue weighted by atomic mass is 9.92. The predicted octanol–water partition coefficient (Wildman–Crippen LogP) is 4.46. The minimum atomic E-state index is -0.164. The molecule has 2 aliphatic rings. The average Bonchev–Trinajstić information content (AvgIpc) is 3.26. The van der Waals surface area contributed by atoms with Crippen molar-refractivity contribution < 1.29 is 9.53 Å². The first-order valence-corrected chi connectivity index (χ1v) is 11.9. The Morgan fingerprint density at radius 1 is 1.12 bits per heavy atom. The SMILES string of the molecule is Cc1ccc(/C=C2\c3ccccc3COc3cc(P)ccc32)cc1NC(=O)NC1CCNC1. The number of amides is 2. The Kier molecular flexibility index (Phi) is 6.17. The van der Waals surface area contributed by atoms with Crippen LogP contribution in [0.1, 0.15) is 34.2 Å². The molecular weight excluding hydrogens is 429 g/mol. The van der Waals surface area contributed by atoms with Crippen LogP contribution in [0.2, 0.25) is 0 Å². The molecule has 1 saturated heterocycles. The number of fused-ring (bicyclic) bond motifs is 2. The monoisotopic (exact) mass is 457 g/mol. The molecule has 0 spiro atoms. The van der Waals surface area contributed by atoms with Crippen LogP contribution in [-0.4, -0.2) is 25.2 Å². The van der Waals surface area contributed by atoms with Crippen LogP contribution in [0.15, 0.2) is 60.7 Å². The van der Waals surface area contributed by atoms with E-state index in [0.29, 0.717) is 6.61 Å². The zero-order valence-corrected chi connectivity index (χ0v) is 19.8. The van der Waals surface area contributed by atoms with Crippen molar-refractivity contribution in [2.45, 2.75) is 26.0 Å². The third-order valence-corrected chi connectivity index (χ3v) is 6.56. The van der Waals surface area contributed by atoms with Gasteiger partial charge in [0.1, 0.15) is 12.4 Å². The van der Waals surface area contributed by atoms with E-state index >= 15 is 0 Å². The summed E-state index contributed by atoms with van der Waals surface area (Å²) in [7, 11) is 2.74. The van der Waals surface area contributed by atoms with Crippen molar-refractivity contribution in [3.63, 3.8) is 0 Å². The molecular formula is C27H28N3O2P. The highest BCUT2D eigenvalue weighted by atomic mass is 31.0. The lowest BCUT2D eigenvalue weighted by Crippen LogP contribution is -2.39. The van der Waals surface area contributed by atoms with E-state index in [1.54, 1.807) is 0 Å². The van der Waals surface area contributed by atoms with Gasteiger partial charge in [-0.25, -0.2) is 4.79 Å². The van der Waals surface area contributed by atoms with Gasteiger partial charge in [-0.05, 0) is 71.2 Å². The van der Waals surface area contributed by atoms with Gasteiger partial charge in [0.15, 0.2) is 0 Å². The Balaban J connectivity index is 1.51. The fraction of sp³-hybridized carbons (Fsp3) is 0.222. The molecule has 2 atom stereocenters. The number of hydrogen-bond acceptors (Lipinski definition) is 3. The number of benzene rings is 3. The number of urea groups is 1. The molecule has 0 aromatic heterocycles. The highest BCUT2D eigenvalue weighted by molar-refractivity contribution is 7.27. The molecule has 3 aromatic carbocycles. The largest absolute Gasteiger partial charge is 0.488 e. The summed E-state index contributed by atoms with van der Waals surface area (Å²) in [6.45, 7) is 4.30. The number of carbonyl (C=O) groups excluding carboxylic acids is 1. The van der Waals surface area contributed by atoms with E-state index in [2.05, 4.69) is 73.7 Å². The fourth-order valence-electron chi connectivity index (χ4n) is 4.40. The van der Waals surface area contributed by atoms with Gasteiger partial charge >= 0.3 is 6.03 Å². The number of hydrogen-bond donors (Lipinski definition) is 3. The molecule has 2 aliphatic heterocycles. The molecule has 3 aromatic rings. The second-order valence-corrected chi connectivity index (χ2v) is 9.29. The molecule has 0 radical (unpaired) electrons. The second kappa shape index (κ2) is 9.38. The van der Waals surface area contributed by atoms with Crippen LogP contribution >= 0.6 is 9.24 Å². The highest BCUT2D eigenvalue weighted by Gasteiger charge is 2.20.